The summed E-state index contributed by atoms with van der Waals surface area (Å²) in [7, 11) is 0. The number of carbonyl (C=O) groups excluding carboxylic acids is 1. The summed E-state index contributed by atoms with van der Waals surface area (Å²) in [6.45, 7) is 2.95. The van der Waals surface area contributed by atoms with Crippen molar-refractivity contribution in [1.29, 1.82) is 0 Å². The molecule has 22 heavy (non-hydrogen) atoms. The first-order valence-corrected chi connectivity index (χ1v) is 8.71. The second-order valence-corrected chi connectivity index (χ2v) is 6.27. The molecule has 0 saturated heterocycles. The van der Waals surface area contributed by atoms with Crippen molar-refractivity contribution in [1.82, 2.24) is 0 Å². The van der Waals surface area contributed by atoms with Crippen LogP contribution >= 0.6 is 11.3 Å². The lowest BCUT2D eigenvalue weighted by Gasteiger charge is -2.08. The molecule has 4 heteroatoms. The zero-order chi connectivity index (χ0) is 15.6. The van der Waals surface area contributed by atoms with Crippen LogP contribution in [0.2, 0.25) is 0 Å². The van der Waals surface area contributed by atoms with Gasteiger partial charge in [-0.25, -0.2) is 0 Å². The fraction of sp³-hybridized carbons (Fsp3) is 0.389. The third-order valence-electron chi connectivity index (χ3n) is 3.32. The van der Waals surface area contributed by atoms with Crippen molar-refractivity contribution in [3.63, 3.8) is 0 Å². The van der Waals surface area contributed by atoms with E-state index in [0.717, 1.165) is 29.3 Å². The maximum Gasteiger partial charge on any atom is 0.229 e. The summed E-state index contributed by atoms with van der Waals surface area (Å²) in [6, 6.07) is 11.5. The van der Waals surface area contributed by atoms with E-state index in [-0.39, 0.29) is 5.91 Å². The number of amides is 1. The van der Waals surface area contributed by atoms with Crippen LogP contribution in [0.3, 0.4) is 0 Å². The molecular formula is C18H23NO2S. The van der Waals surface area contributed by atoms with E-state index in [1.807, 2.05) is 41.8 Å². The number of unbranched alkanes of at least 4 members (excludes halogenated alkanes) is 3. The first-order valence-electron chi connectivity index (χ1n) is 7.83. The van der Waals surface area contributed by atoms with Crippen molar-refractivity contribution in [2.24, 2.45) is 0 Å². The van der Waals surface area contributed by atoms with Crippen LogP contribution in [0.4, 0.5) is 5.69 Å². The van der Waals surface area contributed by atoms with Gasteiger partial charge in [0.1, 0.15) is 5.75 Å². The Kier molecular flexibility index (Phi) is 6.97. The number of benzene rings is 1. The molecule has 1 heterocycles. The Morgan fingerprint density at radius 3 is 2.64 bits per heavy atom. The first kappa shape index (κ1) is 16.6. The molecule has 0 aliphatic rings. The van der Waals surface area contributed by atoms with Crippen molar-refractivity contribution in [2.75, 3.05) is 11.9 Å². The van der Waals surface area contributed by atoms with E-state index in [4.69, 9.17) is 4.74 Å². The molecule has 0 spiro atoms. The molecular weight excluding hydrogens is 294 g/mol. The van der Waals surface area contributed by atoms with E-state index < -0.39 is 0 Å². The van der Waals surface area contributed by atoms with Gasteiger partial charge in [-0.1, -0.05) is 32.3 Å². The Balaban J connectivity index is 1.73. The van der Waals surface area contributed by atoms with Crippen LogP contribution in [-0.2, 0) is 11.2 Å². The molecule has 0 atom stereocenters. The van der Waals surface area contributed by atoms with E-state index in [1.165, 1.54) is 19.3 Å². The van der Waals surface area contributed by atoms with E-state index in [1.54, 1.807) is 11.3 Å². The molecule has 0 bridgehead atoms. The SMILES string of the molecule is CCCCCCOc1ccc(NC(=O)Cc2cccs2)cc1. The fourth-order valence-corrected chi connectivity index (χ4v) is 2.83. The van der Waals surface area contributed by atoms with Crippen LogP contribution in [0, 0.1) is 0 Å². The molecule has 0 aliphatic heterocycles. The van der Waals surface area contributed by atoms with Crippen molar-refractivity contribution in [3.05, 3.63) is 46.7 Å². The summed E-state index contributed by atoms with van der Waals surface area (Å²) in [5, 5.41) is 4.88. The van der Waals surface area contributed by atoms with Crippen LogP contribution < -0.4 is 10.1 Å². The lowest BCUT2D eigenvalue weighted by atomic mass is 10.2. The third kappa shape index (κ3) is 5.90. The van der Waals surface area contributed by atoms with Crippen LogP contribution in [0.15, 0.2) is 41.8 Å². The van der Waals surface area contributed by atoms with Gasteiger partial charge in [0.15, 0.2) is 0 Å². The lowest BCUT2D eigenvalue weighted by molar-refractivity contribution is -0.115. The molecule has 1 N–H and O–H groups in total. The van der Waals surface area contributed by atoms with Crippen LogP contribution in [0.25, 0.3) is 0 Å². The van der Waals surface area contributed by atoms with Crippen molar-refractivity contribution >= 4 is 22.9 Å². The Hall–Kier alpha value is -1.81. The maximum absolute atomic E-state index is 11.9. The molecule has 0 unspecified atom stereocenters. The molecule has 2 rings (SSSR count). The van der Waals surface area contributed by atoms with Gasteiger partial charge in [-0.15, -0.1) is 11.3 Å². The van der Waals surface area contributed by atoms with Crippen molar-refractivity contribution < 1.29 is 9.53 Å². The number of hydrogen-bond donors (Lipinski definition) is 1. The van der Waals surface area contributed by atoms with Crippen molar-refractivity contribution in [2.45, 2.75) is 39.0 Å². The standard InChI is InChI=1S/C18H23NO2S/c1-2-3-4-5-12-21-16-10-8-15(9-11-16)19-18(20)14-17-7-6-13-22-17/h6-11,13H,2-5,12,14H2,1H3,(H,19,20). The molecule has 2 aromatic rings. The number of thiophene rings is 1. The number of nitrogens with one attached hydrogen (secondary N) is 1. The van der Waals surface area contributed by atoms with E-state index in [0.29, 0.717) is 6.42 Å². The highest BCUT2D eigenvalue weighted by Crippen LogP contribution is 2.17. The Bertz CT molecular complexity index is 549. The number of carbonyl (C=O) groups is 1. The van der Waals surface area contributed by atoms with Gasteiger partial charge in [0.25, 0.3) is 0 Å². The summed E-state index contributed by atoms with van der Waals surface area (Å²) in [5.74, 6) is 0.864. The first-order chi connectivity index (χ1) is 10.8. The summed E-state index contributed by atoms with van der Waals surface area (Å²) in [5.41, 5.74) is 0.805. The molecule has 0 aliphatic carbocycles. The van der Waals surface area contributed by atoms with Gasteiger partial charge in [0.05, 0.1) is 13.0 Å². The zero-order valence-corrected chi connectivity index (χ0v) is 13.8. The predicted molar refractivity (Wildman–Crippen MR) is 92.7 cm³/mol. The van der Waals surface area contributed by atoms with E-state index in [2.05, 4.69) is 12.2 Å². The van der Waals surface area contributed by atoms with E-state index >= 15 is 0 Å². The minimum Gasteiger partial charge on any atom is -0.494 e. The quantitative estimate of drug-likeness (QED) is 0.669. The Morgan fingerprint density at radius 2 is 1.95 bits per heavy atom. The van der Waals surface area contributed by atoms with Crippen LogP contribution in [0.5, 0.6) is 5.75 Å². The second-order valence-electron chi connectivity index (χ2n) is 5.24. The van der Waals surface area contributed by atoms with Crippen LogP contribution in [0.1, 0.15) is 37.5 Å². The monoisotopic (exact) mass is 317 g/mol. The highest BCUT2D eigenvalue weighted by molar-refractivity contribution is 7.10. The van der Waals surface area contributed by atoms with Gasteiger partial charge in [-0.3, -0.25) is 4.79 Å². The smallest absolute Gasteiger partial charge is 0.229 e. The Morgan fingerprint density at radius 1 is 1.14 bits per heavy atom. The second kappa shape index (κ2) is 9.26. The van der Waals surface area contributed by atoms with E-state index in [9.17, 15) is 4.79 Å². The van der Waals surface area contributed by atoms with Gasteiger partial charge in [0.2, 0.25) is 5.91 Å². The third-order valence-corrected chi connectivity index (χ3v) is 4.20. The van der Waals surface area contributed by atoms with Gasteiger partial charge < -0.3 is 10.1 Å². The number of hydrogen-bond acceptors (Lipinski definition) is 3. The molecule has 1 aromatic carbocycles. The van der Waals surface area contributed by atoms with Gasteiger partial charge in [-0.2, -0.15) is 0 Å². The minimum atomic E-state index is 0.00989. The zero-order valence-electron chi connectivity index (χ0n) is 13.0. The number of ether oxygens (including phenoxy) is 1. The van der Waals surface area contributed by atoms with Crippen molar-refractivity contribution in [3.8, 4) is 5.75 Å². The molecule has 0 saturated carbocycles. The largest absolute Gasteiger partial charge is 0.494 e. The molecule has 1 aromatic heterocycles. The van der Waals surface area contributed by atoms with Gasteiger partial charge >= 0.3 is 0 Å². The fourth-order valence-electron chi connectivity index (χ4n) is 2.13. The normalized spacial score (nSPS) is 10.4. The molecule has 118 valence electrons. The number of anilines is 1. The summed E-state index contributed by atoms with van der Waals surface area (Å²) >= 11 is 1.60. The van der Waals surface area contributed by atoms with Gasteiger partial charge in [-0.05, 0) is 42.1 Å². The van der Waals surface area contributed by atoms with Crippen LogP contribution in [-0.4, -0.2) is 12.5 Å². The minimum absolute atomic E-state index is 0.00989. The predicted octanol–water partition coefficient (Wildman–Crippen LogP) is 4.89. The summed E-state index contributed by atoms with van der Waals surface area (Å²) in [4.78, 5) is 13.0. The maximum atomic E-state index is 11.9. The number of rotatable bonds is 9. The lowest BCUT2D eigenvalue weighted by Crippen LogP contribution is -2.13. The topological polar surface area (TPSA) is 38.3 Å². The Labute approximate surface area is 136 Å². The molecule has 0 radical (unpaired) electrons. The van der Waals surface area contributed by atoms with Gasteiger partial charge in [0, 0.05) is 10.6 Å². The summed E-state index contributed by atoms with van der Waals surface area (Å²) < 4.78 is 5.69. The molecule has 0 fully saturated rings. The average molecular weight is 317 g/mol. The molecule has 1 amide bonds. The summed E-state index contributed by atoms with van der Waals surface area (Å²) in [6.07, 6.45) is 5.23. The highest BCUT2D eigenvalue weighted by atomic mass is 32.1. The highest BCUT2D eigenvalue weighted by Gasteiger charge is 2.05. The average Bonchev–Trinajstić information content (AvgIpc) is 3.01. The molecule has 3 nitrogen and oxygen atoms in total.